The van der Waals surface area contributed by atoms with Crippen LogP contribution in [0.2, 0.25) is 5.02 Å². The Bertz CT molecular complexity index is 941. The van der Waals surface area contributed by atoms with Crippen LogP contribution in [0.25, 0.3) is 11.4 Å². The van der Waals surface area contributed by atoms with Gasteiger partial charge in [0.1, 0.15) is 10.8 Å². The maximum absolute atomic E-state index is 6.11. The molecule has 0 saturated carbocycles. The minimum atomic E-state index is 0.659. The van der Waals surface area contributed by atoms with Crippen LogP contribution in [0.5, 0.6) is 11.6 Å². The molecule has 4 rings (SSSR count). The Morgan fingerprint density at radius 1 is 1.12 bits per heavy atom. The molecule has 0 bridgehead atoms. The van der Waals surface area contributed by atoms with Crippen molar-refractivity contribution >= 4 is 23.4 Å². The van der Waals surface area contributed by atoms with Gasteiger partial charge in [-0.3, -0.25) is 0 Å². The van der Waals surface area contributed by atoms with Crippen molar-refractivity contribution in [3.8, 4) is 23.0 Å². The highest BCUT2D eigenvalue weighted by Gasteiger charge is 2.24. The number of hydrogen-bond donors (Lipinski definition) is 0. The molecule has 0 amide bonds. The van der Waals surface area contributed by atoms with E-state index in [9.17, 15) is 0 Å². The number of benzene rings is 2. The molecule has 0 saturated heterocycles. The van der Waals surface area contributed by atoms with Crippen LogP contribution in [-0.4, -0.2) is 15.7 Å². The van der Waals surface area contributed by atoms with Crippen molar-refractivity contribution in [2.75, 3.05) is 5.75 Å². The van der Waals surface area contributed by atoms with Crippen molar-refractivity contribution in [2.45, 2.75) is 25.3 Å². The minimum absolute atomic E-state index is 0.659. The second-order valence-corrected chi connectivity index (χ2v) is 7.66. The van der Waals surface area contributed by atoms with Crippen LogP contribution in [0.1, 0.15) is 23.6 Å². The van der Waals surface area contributed by atoms with Crippen molar-refractivity contribution in [3.63, 3.8) is 0 Å². The molecule has 3 aromatic rings. The summed E-state index contributed by atoms with van der Waals surface area (Å²) in [5.41, 5.74) is 4.42. The molecular weight excluding hydrogens is 352 g/mol. The van der Waals surface area contributed by atoms with Crippen LogP contribution in [0.15, 0.2) is 47.5 Å². The van der Waals surface area contributed by atoms with Gasteiger partial charge < -0.3 is 4.74 Å². The summed E-state index contributed by atoms with van der Waals surface area (Å²) in [6, 6.07) is 13.8. The fourth-order valence-corrected chi connectivity index (χ4v) is 3.79. The third-order valence-electron chi connectivity index (χ3n) is 4.10. The largest absolute Gasteiger partial charge is 0.438 e. The maximum atomic E-state index is 6.11. The Morgan fingerprint density at radius 3 is 2.68 bits per heavy atom. The number of halogens is 1. The van der Waals surface area contributed by atoms with Gasteiger partial charge in [-0.1, -0.05) is 36.2 Å². The third kappa shape index (κ3) is 3.24. The van der Waals surface area contributed by atoms with Crippen LogP contribution in [0.4, 0.5) is 0 Å². The van der Waals surface area contributed by atoms with Gasteiger partial charge in [0.05, 0.1) is 5.56 Å². The smallest absolute Gasteiger partial charge is 0.227 e. The molecule has 3 nitrogen and oxygen atoms in total. The van der Waals surface area contributed by atoms with Gasteiger partial charge in [0.25, 0.3) is 0 Å². The second kappa shape index (κ2) is 6.70. The summed E-state index contributed by atoms with van der Waals surface area (Å²) < 4.78 is 6.11. The number of nitrogens with zero attached hydrogens (tertiary/aromatic N) is 2. The summed E-state index contributed by atoms with van der Waals surface area (Å²) in [6.45, 7) is 4.22. The number of aryl methyl sites for hydroxylation is 1. The summed E-state index contributed by atoms with van der Waals surface area (Å²) in [6.07, 6.45) is 0.801. The maximum Gasteiger partial charge on any atom is 0.227 e. The average Bonchev–Trinajstić information content (AvgIpc) is 2.61. The van der Waals surface area contributed by atoms with Crippen molar-refractivity contribution in [2.24, 2.45) is 0 Å². The van der Waals surface area contributed by atoms with E-state index in [1.807, 2.05) is 30.3 Å². The van der Waals surface area contributed by atoms with Crippen LogP contribution >= 0.6 is 23.4 Å². The van der Waals surface area contributed by atoms with E-state index in [1.165, 1.54) is 11.1 Å². The van der Waals surface area contributed by atoms with Gasteiger partial charge in [-0.15, -0.1) is 11.8 Å². The molecule has 1 aromatic heterocycles. The van der Waals surface area contributed by atoms with Gasteiger partial charge in [-0.25, -0.2) is 4.98 Å². The molecule has 0 spiro atoms. The van der Waals surface area contributed by atoms with Crippen LogP contribution in [0.3, 0.4) is 0 Å². The van der Waals surface area contributed by atoms with Gasteiger partial charge in [0.15, 0.2) is 5.82 Å². The van der Waals surface area contributed by atoms with Crippen LogP contribution in [-0.2, 0) is 6.42 Å². The molecule has 0 radical (unpaired) electrons. The topological polar surface area (TPSA) is 35.0 Å². The minimum Gasteiger partial charge on any atom is -0.438 e. The number of rotatable bonds is 3. The van der Waals surface area contributed by atoms with Gasteiger partial charge in [-0.05, 0) is 48.6 Å². The first-order chi connectivity index (χ1) is 12.1. The van der Waals surface area contributed by atoms with Gasteiger partial charge in [0, 0.05) is 17.0 Å². The predicted molar refractivity (Wildman–Crippen MR) is 103 cm³/mol. The fourth-order valence-electron chi connectivity index (χ4n) is 2.90. The Kier molecular flexibility index (Phi) is 4.40. The molecule has 1 aliphatic rings. The predicted octanol–water partition coefficient (Wildman–Crippen LogP) is 5.91. The van der Waals surface area contributed by atoms with E-state index in [0.717, 1.165) is 34.1 Å². The molecule has 1 aliphatic heterocycles. The zero-order chi connectivity index (χ0) is 17.4. The Balaban J connectivity index is 1.82. The Hall–Kier alpha value is -2.04. The van der Waals surface area contributed by atoms with E-state index >= 15 is 0 Å². The van der Waals surface area contributed by atoms with Crippen molar-refractivity contribution in [1.82, 2.24) is 9.97 Å². The van der Waals surface area contributed by atoms with Crippen molar-refractivity contribution in [3.05, 3.63) is 64.2 Å². The molecule has 0 unspecified atom stereocenters. The number of ether oxygens (including phenoxy) is 1. The van der Waals surface area contributed by atoms with Crippen molar-refractivity contribution in [1.29, 1.82) is 0 Å². The highest BCUT2D eigenvalue weighted by molar-refractivity contribution is 7.99. The first-order valence-corrected chi connectivity index (χ1v) is 9.57. The van der Waals surface area contributed by atoms with E-state index < -0.39 is 0 Å². The number of fused-ring (bicyclic) bond motifs is 2. The third-order valence-corrected chi connectivity index (χ3v) is 5.26. The highest BCUT2D eigenvalue weighted by Crippen LogP contribution is 2.40. The van der Waals surface area contributed by atoms with Gasteiger partial charge >= 0.3 is 0 Å². The monoisotopic (exact) mass is 368 g/mol. The molecular formula is C20H17ClN2OS. The van der Waals surface area contributed by atoms with Gasteiger partial charge in [0.2, 0.25) is 5.88 Å². The summed E-state index contributed by atoms with van der Waals surface area (Å²) >= 11 is 7.72. The quantitative estimate of drug-likeness (QED) is 0.332. The molecule has 126 valence electrons. The van der Waals surface area contributed by atoms with Gasteiger partial charge in [-0.2, -0.15) is 4.98 Å². The van der Waals surface area contributed by atoms with E-state index in [4.69, 9.17) is 21.3 Å². The van der Waals surface area contributed by atoms with Crippen LogP contribution in [0, 0.1) is 6.92 Å². The highest BCUT2D eigenvalue weighted by atomic mass is 35.5. The number of thioether (sulfide) groups is 1. The molecule has 2 aromatic carbocycles. The average molecular weight is 369 g/mol. The number of aromatic nitrogens is 2. The first kappa shape index (κ1) is 16.4. The van der Waals surface area contributed by atoms with E-state index in [2.05, 4.69) is 31.0 Å². The lowest BCUT2D eigenvalue weighted by atomic mass is 10.0. The Labute approximate surface area is 156 Å². The summed E-state index contributed by atoms with van der Waals surface area (Å²) in [7, 11) is 0. The zero-order valence-electron chi connectivity index (χ0n) is 14.0. The zero-order valence-corrected chi connectivity index (χ0v) is 15.6. The molecule has 25 heavy (non-hydrogen) atoms. The lowest BCUT2D eigenvalue weighted by Gasteiger charge is -2.22. The first-order valence-electron chi connectivity index (χ1n) is 8.21. The van der Waals surface area contributed by atoms with Crippen molar-refractivity contribution < 1.29 is 4.74 Å². The lowest BCUT2D eigenvalue weighted by molar-refractivity contribution is 0.435. The van der Waals surface area contributed by atoms with E-state index in [1.54, 1.807) is 11.8 Å². The molecule has 0 aliphatic carbocycles. The molecule has 0 fully saturated rings. The van der Waals surface area contributed by atoms with E-state index in [0.29, 0.717) is 16.7 Å². The van der Waals surface area contributed by atoms with E-state index in [-0.39, 0.29) is 0 Å². The summed E-state index contributed by atoms with van der Waals surface area (Å²) in [5, 5.41) is 1.69. The second-order valence-electron chi connectivity index (χ2n) is 5.97. The fraction of sp³-hybridized carbons (Fsp3) is 0.200. The van der Waals surface area contributed by atoms with Crippen LogP contribution < -0.4 is 4.74 Å². The summed E-state index contributed by atoms with van der Waals surface area (Å²) in [5.74, 6) is 3.16. The normalized spacial score (nSPS) is 12.3. The molecule has 0 atom stereocenters. The lowest BCUT2D eigenvalue weighted by Crippen LogP contribution is -2.09. The molecule has 5 heteroatoms. The molecule has 0 N–H and O–H groups in total. The molecule has 2 heterocycles. The Morgan fingerprint density at radius 2 is 1.92 bits per heavy atom. The SMILES string of the molecule is CCSc1nc(-c2ccc(Cl)cc2)nc2c1Cc1cc(C)ccc1O2. The summed E-state index contributed by atoms with van der Waals surface area (Å²) in [4.78, 5) is 9.49. The standard InChI is InChI=1S/C20H17ClN2OS/c1-3-25-20-16-11-14-10-12(2)4-9-17(14)24-19(16)22-18(23-20)13-5-7-15(21)8-6-13/h4-10H,3,11H2,1-2H3. The number of hydrogen-bond acceptors (Lipinski definition) is 4.